The number of nitrogens with zero attached hydrogens (tertiary/aromatic N) is 3. The van der Waals surface area contributed by atoms with Gasteiger partial charge >= 0.3 is 0 Å². The van der Waals surface area contributed by atoms with Crippen LogP contribution in [0.1, 0.15) is 19.3 Å². The van der Waals surface area contributed by atoms with E-state index < -0.39 is 10.0 Å². The number of likely N-dealkylation sites (N-methyl/N-ethyl adjacent to an activating group) is 1. The molecule has 2 aromatic rings. The first-order valence-corrected chi connectivity index (χ1v) is 10.1. The van der Waals surface area contributed by atoms with Crippen molar-refractivity contribution in [3.63, 3.8) is 0 Å². The van der Waals surface area contributed by atoms with E-state index in [0.717, 1.165) is 30.4 Å². The van der Waals surface area contributed by atoms with E-state index in [9.17, 15) is 13.5 Å². The molecule has 1 aromatic heterocycles. The Morgan fingerprint density at radius 1 is 1.36 bits per heavy atom. The van der Waals surface area contributed by atoms with Crippen LogP contribution in [0.3, 0.4) is 0 Å². The minimum absolute atomic E-state index is 0.0608. The number of aliphatic hydroxyl groups excluding tert-OH is 1. The summed E-state index contributed by atoms with van der Waals surface area (Å²) in [5.41, 5.74) is 1.30. The molecule has 4 rings (SSSR count). The number of imidazole rings is 1. The second-order valence-corrected chi connectivity index (χ2v) is 9.25. The van der Waals surface area contributed by atoms with E-state index in [0.29, 0.717) is 24.4 Å². The highest BCUT2D eigenvalue weighted by Gasteiger charge is 2.48. The molecule has 7 nitrogen and oxygen atoms in total. The zero-order valence-electron chi connectivity index (χ0n) is 14.4. The predicted molar refractivity (Wildman–Crippen MR) is 94.6 cm³/mol. The number of aromatic amines is 1. The number of aliphatic hydroxyl groups is 1. The third-order valence-corrected chi connectivity index (χ3v) is 7.87. The molecule has 1 aromatic carbocycles. The zero-order chi connectivity index (χ0) is 17.7. The molecule has 8 heteroatoms. The fourth-order valence-corrected chi connectivity index (χ4v) is 5.91. The maximum absolute atomic E-state index is 13.1. The standard InChI is InChI=1S/C17H24N4O3S/c1-20-7-2-5-17(11-22)6-8-21(10-16(17)20)25(23,24)13-3-4-14-15(9-13)19-12-18-14/h3-4,9,12,16,22H,2,5-8,10-11H2,1H3,(H,18,19)/t16-,17-/m1/s1. The second-order valence-electron chi connectivity index (χ2n) is 7.31. The smallest absolute Gasteiger partial charge is 0.243 e. The maximum atomic E-state index is 13.1. The van der Waals surface area contributed by atoms with Crippen LogP contribution in [0.5, 0.6) is 0 Å². The summed E-state index contributed by atoms with van der Waals surface area (Å²) in [6.45, 7) is 1.95. The number of benzene rings is 1. The quantitative estimate of drug-likeness (QED) is 0.849. The summed E-state index contributed by atoms with van der Waals surface area (Å²) in [4.78, 5) is 9.61. The van der Waals surface area contributed by atoms with E-state index in [2.05, 4.69) is 14.9 Å². The molecule has 2 saturated heterocycles. The van der Waals surface area contributed by atoms with Crippen molar-refractivity contribution in [3.05, 3.63) is 24.5 Å². The summed E-state index contributed by atoms with van der Waals surface area (Å²) >= 11 is 0. The van der Waals surface area contributed by atoms with Gasteiger partial charge in [0.25, 0.3) is 0 Å². The number of aromatic nitrogens is 2. The van der Waals surface area contributed by atoms with Gasteiger partial charge in [0.15, 0.2) is 0 Å². The average molecular weight is 364 g/mol. The molecule has 3 heterocycles. The van der Waals surface area contributed by atoms with Crippen molar-refractivity contribution in [1.29, 1.82) is 0 Å². The molecule has 0 amide bonds. The summed E-state index contributed by atoms with van der Waals surface area (Å²) in [5.74, 6) is 0. The van der Waals surface area contributed by atoms with Gasteiger partial charge in [-0.15, -0.1) is 0 Å². The number of likely N-dealkylation sites (tertiary alicyclic amines) is 1. The van der Waals surface area contributed by atoms with Crippen LogP contribution in [0, 0.1) is 5.41 Å². The van der Waals surface area contributed by atoms with Crippen molar-refractivity contribution >= 4 is 21.1 Å². The van der Waals surface area contributed by atoms with Gasteiger partial charge < -0.3 is 15.0 Å². The maximum Gasteiger partial charge on any atom is 0.243 e. The van der Waals surface area contributed by atoms with Gasteiger partial charge in [0.05, 0.1) is 28.9 Å². The van der Waals surface area contributed by atoms with Gasteiger partial charge in [-0.3, -0.25) is 0 Å². The van der Waals surface area contributed by atoms with Crippen LogP contribution in [-0.2, 0) is 10.0 Å². The Balaban J connectivity index is 1.65. The first-order valence-electron chi connectivity index (χ1n) is 8.71. The van der Waals surface area contributed by atoms with E-state index in [1.165, 1.54) is 0 Å². The van der Waals surface area contributed by atoms with Gasteiger partial charge in [0.2, 0.25) is 10.0 Å². The molecule has 2 aliphatic rings. The minimum atomic E-state index is -3.56. The van der Waals surface area contributed by atoms with Crippen LogP contribution in [0.25, 0.3) is 11.0 Å². The lowest BCUT2D eigenvalue weighted by molar-refractivity contribution is -0.0508. The number of rotatable bonds is 3. The van der Waals surface area contributed by atoms with Crippen LogP contribution >= 0.6 is 0 Å². The highest BCUT2D eigenvalue weighted by atomic mass is 32.2. The topological polar surface area (TPSA) is 89.5 Å². The number of piperidine rings is 2. The number of nitrogens with one attached hydrogen (secondary N) is 1. The summed E-state index contributed by atoms with van der Waals surface area (Å²) in [6, 6.07) is 5.06. The van der Waals surface area contributed by atoms with Crippen molar-refractivity contribution in [2.24, 2.45) is 5.41 Å². The van der Waals surface area contributed by atoms with E-state index in [-0.39, 0.29) is 18.1 Å². The molecular weight excluding hydrogens is 340 g/mol. The van der Waals surface area contributed by atoms with E-state index in [4.69, 9.17) is 0 Å². The number of hydrogen-bond donors (Lipinski definition) is 2. The Bertz CT molecular complexity index is 881. The van der Waals surface area contributed by atoms with Crippen LogP contribution in [0.15, 0.2) is 29.4 Å². The molecule has 0 spiro atoms. The lowest BCUT2D eigenvalue weighted by Crippen LogP contribution is -2.62. The Labute approximate surface area is 147 Å². The fourth-order valence-electron chi connectivity index (χ4n) is 4.43. The second kappa shape index (κ2) is 6.05. The zero-order valence-corrected chi connectivity index (χ0v) is 15.2. The SMILES string of the molecule is CN1CCC[C@]2(CO)CCN(S(=O)(=O)c3ccc4nc[nH]c4c3)C[C@@H]12. The molecule has 0 bridgehead atoms. The van der Waals surface area contributed by atoms with E-state index in [1.54, 1.807) is 28.8 Å². The van der Waals surface area contributed by atoms with Gasteiger partial charge in [0.1, 0.15) is 0 Å². The lowest BCUT2D eigenvalue weighted by Gasteiger charge is -2.53. The van der Waals surface area contributed by atoms with Crippen molar-refractivity contribution in [2.75, 3.05) is 33.3 Å². The van der Waals surface area contributed by atoms with Crippen LogP contribution in [0.4, 0.5) is 0 Å². The fraction of sp³-hybridized carbons (Fsp3) is 0.588. The summed E-state index contributed by atoms with van der Waals surface area (Å²) in [6.07, 6.45) is 4.28. The first kappa shape index (κ1) is 17.0. The molecule has 0 unspecified atom stereocenters. The molecular formula is C17H24N4O3S. The summed E-state index contributed by atoms with van der Waals surface area (Å²) in [5, 5.41) is 9.99. The predicted octanol–water partition coefficient (Wildman–Crippen LogP) is 1.03. The first-order chi connectivity index (χ1) is 12.0. The molecule has 136 valence electrons. The van der Waals surface area contributed by atoms with Gasteiger partial charge in [0, 0.05) is 24.5 Å². The lowest BCUT2D eigenvalue weighted by atomic mass is 9.69. The Hall–Kier alpha value is -1.48. The highest BCUT2D eigenvalue weighted by molar-refractivity contribution is 7.89. The molecule has 2 fully saturated rings. The molecule has 0 saturated carbocycles. The molecule has 0 radical (unpaired) electrons. The van der Waals surface area contributed by atoms with Crippen LogP contribution in [0.2, 0.25) is 0 Å². The number of sulfonamides is 1. The van der Waals surface area contributed by atoms with Gasteiger partial charge in [-0.25, -0.2) is 13.4 Å². The minimum Gasteiger partial charge on any atom is -0.396 e. The molecule has 2 atom stereocenters. The number of H-pyrrole nitrogens is 1. The summed E-state index contributed by atoms with van der Waals surface area (Å²) < 4.78 is 27.8. The molecule has 2 aliphatic heterocycles. The molecule has 25 heavy (non-hydrogen) atoms. The van der Waals surface area contributed by atoms with Crippen LogP contribution in [-0.4, -0.2) is 72.0 Å². The van der Waals surface area contributed by atoms with E-state index >= 15 is 0 Å². The van der Waals surface area contributed by atoms with Crippen molar-refractivity contribution in [2.45, 2.75) is 30.2 Å². The van der Waals surface area contributed by atoms with Gasteiger partial charge in [-0.1, -0.05) is 0 Å². The van der Waals surface area contributed by atoms with Crippen molar-refractivity contribution < 1.29 is 13.5 Å². The largest absolute Gasteiger partial charge is 0.396 e. The van der Waals surface area contributed by atoms with Gasteiger partial charge in [-0.2, -0.15) is 4.31 Å². The van der Waals surface area contributed by atoms with Crippen molar-refractivity contribution in [1.82, 2.24) is 19.2 Å². The van der Waals surface area contributed by atoms with Crippen LogP contribution < -0.4 is 0 Å². The Morgan fingerprint density at radius 2 is 2.20 bits per heavy atom. The third kappa shape index (κ3) is 2.68. The summed E-state index contributed by atoms with van der Waals surface area (Å²) in [7, 11) is -1.53. The number of fused-ring (bicyclic) bond motifs is 2. The monoisotopic (exact) mass is 364 g/mol. The average Bonchev–Trinajstić information content (AvgIpc) is 3.09. The Morgan fingerprint density at radius 3 is 3.00 bits per heavy atom. The number of hydrogen-bond acceptors (Lipinski definition) is 5. The normalized spacial score (nSPS) is 29.0. The molecule has 2 N–H and O–H groups in total. The Kier molecular flexibility index (Phi) is 4.10. The third-order valence-electron chi connectivity index (χ3n) is 6.00. The highest BCUT2D eigenvalue weighted by Crippen LogP contribution is 2.42. The van der Waals surface area contributed by atoms with Gasteiger partial charge in [-0.05, 0) is 51.1 Å². The molecule has 0 aliphatic carbocycles. The van der Waals surface area contributed by atoms with Crippen molar-refractivity contribution in [3.8, 4) is 0 Å². The van der Waals surface area contributed by atoms with E-state index in [1.807, 2.05) is 7.05 Å².